The number of esters is 2. The SMILES string of the molecule is CCOC(=O)CC[C@@H](NC(=O)Cc1ccccc1)C(=O)OCC. The number of nitrogens with one attached hydrogen (secondary N) is 1. The third-order valence-corrected chi connectivity index (χ3v) is 3.06. The lowest BCUT2D eigenvalue weighted by Gasteiger charge is -2.17. The van der Waals surface area contributed by atoms with Crippen molar-refractivity contribution in [2.24, 2.45) is 0 Å². The first kappa shape index (κ1) is 18.7. The van der Waals surface area contributed by atoms with Crippen LogP contribution in [0.15, 0.2) is 30.3 Å². The molecule has 6 heteroatoms. The van der Waals surface area contributed by atoms with Gasteiger partial charge in [-0.25, -0.2) is 4.79 Å². The van der Waals surface area contributed by atoms with Crippen LogP contribution < -0.4 is 5.32 Å². The van der Waals surface area contributed by atoms with Crippen molar-refractivity contribution in [1.82, 2.24) is 5.32 Å². The number of carbonyl (C=O) groups excluding carboxylic acids is 3. The van der Waals surface area contributed by atoms with Gasteiger partial charge in [0, 0.05) is 6.42 Å². The van der Waals surface area contributed by atoms with E-state index in [2.05, 4.69) is 5.32 Å². The maximum atomic E-state index is 12.1. The van der Waals surface area contributed by atoms with Crippen molar-refractivity contribution in [2.75, 3.05) is 13.2 Å². The third-order valence-electron chi connectivity index (χ3n) is 3.06. The summed E-state index contributed by atoms with van der Waals surface area (Å²) in [6.45, 7) is 3.89. The summed E-state index contributed by atoms with van der Waals surface area (Å²) in [4.78, 5) is 35.4. The molecule has 1 aromatic carbocycles. The second kappa shape index (κ2) is 10.4. The van der Waals surface area contributed by atoms with Crippen LogP contribution >= 0.6 is 0 Å². The Morgan fingerprint density at radius 3 is 2.30 bits per heavy atom. The lowest BCUT2D eigenvalue weighted by molar-refractivity contribution is -0.148. The molecule has 0 aliphatic rings. The first-order valence-corrected chi connectivity index (χ1v) is 7.72. The van der Waals surface area contributed by atoms with E-state index in [9.17, 15) is 14.4 Å². The zero-order chi connectivity index (χ0) is 17.1. The molecule has 1 N–H and O–H groups in total. The predicted octanol–water partition coefficient (Wildman–Crippen LogP) is 1.62. The molecule has 0 radical (unpaired) electrons. The van der Waals surface area contributed by atoms with Gasteiger partial charge in [0.25, 0.3) is 0 Å². The molecule has 0 aliphatic heterocycles. The van der Waals surface area contributed by atoms with Gasteiger partial charge in [0.1, 0.15) is 6.04 Å². The summed E-state index contributed by atoms with van der Waals surface area (Å²) in [7, 11) is 0. The lowest BCUT2D eigenvalue weighted by Crippen LogP contribution is -2.43. The Kier molecular flexibility index (Phi) is 8.42. The second-order valence-electron chi connectivity index (χ2n) is 4.88. The molecule has 0 saturated heterocycles. The number of carbonyl (C=O) groups is 3. The van der Waals surface area contributed by atoms with Crippen LogP contribution in [0.2, 0.25) is 0 Å². The molecule has 6 nitrogen and oxygen atoms in total. The molecule has 0 spiro atoms. The van der Waals surface area contributed by atoms with Crippen molar-refractivity contribution in [3.63, 3.8) is 0 Å². The fourth-order valence-electron chi connectivity index (χ4n) is 2.01. The number of hydrogen-bond acceptors (Lipinski definition) is 5. The number of amides is 1. The monoisotopic (exact) mass is 321 g/mol. The minimum absolute atomic E-state index is 0.0446. The Morgan fingerprint density at radius 1 is 1.04 bits per heavy atom. The van der Waals surface area contributed by atoms with Gasteiger partial charge in [0.05, 0.1) is 19.6 Å². The number of ether oxygens (including phenoxy) is 2. The summed E-state index contributed by atoms with van der Waals surface area (Å²) in [5, 5.41) is 2.63. The van der Waals surface area contributed by atoms with Crippen LogP contribution in [0.5, 0.6) is 0 Å². The molecule has 0 heterocycles. The Morgan fingerprint density at radius 2 is 1.70 bits per heavy atom. The van der Waals surface area contributed by atoms with E-state index in [1.165, 1.54) is 0 Å². The molecule has 1 rings (SSSR count). The van der Waals surface area contributed by atoms with E-state index in [0.717, 1.165) is 5.56 Å². The van der Waals surface area contributed by atoms with Gasteiger partial charge < -0.3 is 14.8 Å². The lowest BCUT2D eigenvalue weighted by atomic mass is 10.1. The van der Waals surface area contributed by atoms with Gasteiger partial charge >= 0.3 is 11.9 Å². The molecule has 0 unspecified atom stereocenters. The average molecular weight is 321 g/mol. The summed E-state index contributed by atoms with van der Waals surface area (Å²) in [6.07, 6.45) is 0.358. The van der Waals surface area contributed by atoms with Gasteiger partial charge in [-0.3, -0.25) is 9.59 Å². The van der Waals surface area contributed by atoms with Crippen LogP contribution in [0.3, 0.4) is 0 Å². The molecule has 0 bridgehead atoms. The van der Waals surface area contributed by atoms with Crippen molar-refractivity contribution in [1.29, 1.82) is 0 Å². The van der Waals surface area contributed by atoms with Crippen molar-refractivity contribution in [3.8, 4) is 0 Å². The molecule has 0 aromatic heterocycles. The van der Waals surface area contributed by atoms with Crippen LogP contribution in [0, 0.1) is 0 Å². The van der Waals surface area contributed by atoms with Crippen molar-refractivity contribution in [3.05, 3.63) is 35.9 Å². The van der Waals surface area contributed by atoms with Gasteiger partial charge in [-0.05, 0) is 25.8 Å². The van der Waals surface area contributed by atoms with Gasteiger partial charge in [0.2, 0.25) is 5.91 Å². The largest absolute Gasteiger partial charge is 0.466 e. The fraction of sp³-hybridized carbons (Fsp3) is 0.471. The summed E-state index contributed by atoms with van der Waals surface area (Å²) < 4.78 is 9.77. The molecule has 126 valence electrons. The Labute approximate surface area is 136 Å². The normalized spacial score (nSPS) is 11.4. The Bertz CT molecular complexity index is 515. The second-order valence-corrected chi connectivity index (χ2v) is 4.88. The zero-order valence-corrected chi connectivity index (χ0v) is 13.5. The van der Waals surface area contributed by atoms with E-state index in [4.69, 9.17) is 9.47 Å². The minimum Gasteiger partial charge on any atom is -0.466 e. The molecule has 0 saturated carbocycles. The number of benzene rings is 1. The molecule has 0 aliphatic carbocycles. The minimum atomic E-state index is -0.851. The topological polar surface area (TPSA) is 81.7 Å². The Hall–Kier alpha value is -2.37. The summed E-state index contributed by atoms with van der Waals surface area (Å²) in [5.41, 5.74) is 0.845. The quantitative estimate of drug-likeness (QED) is 0.699. The van der Waals surface area contributed by atoms with E-state index in [-0.39, 0.29) is 38.4 Å². The zero-order valence-electron chi connectivity index (χ0n) is 13.5. The van der Waals surface area contributed by atoms with Crippen LogP contribution in [-0.2, 0) is 30.3 Å². The summed E-state index contributed by atoms with van der Waals surface area (Å²) >= 11 is 0. The van der Waals surface area contributed by atoms with E-state index < -0.39 is 18.0 Å². The van der Waals surface area contributed by atoms with E-state index in [0.29, 0.717) is 0 Å². The Balaban J connectivity index is 2.59. The maximum Gasteiger partial charge on any atom is 0.328 e. The van der Waals surface area contributed by atoms with Gasteiger partial charge in [-0.2, -0.15) is 0 Å². The van der Waals surface area contributed by atoms with Crippen molar-refractivity contribution >= 4 is 17.8 Å². The highest BCUT2D eigenvalue weighted by molar-refractivity contribution is 5.86. The van der Waals surface area contributed by atoms with Gasteiger partial charge in [-0.15, -0.1) is 0 Å². The molecule has 0 fully saturated rings. The molecular weight excluding hydrogens is 298 g/mol. The highest BCUT2D eigenvalue weighted by atomic mass is 16.5. The highest BCUT2D eigenvalue weighted by Gasteiger charge is 2.23. The molecule has 1 aromatic rings. The van der Waals surface area contributed by atoms with Gasteiger partial charge in [-0.1, -0.05) is 30.3 Å². The number of rotatable bonds is 9. The molecule has 1 amide bonds. The van der Waals surface area contributed by atoms with E-state index >= 15 is 0 Å². The van der Waals surface area contributed by atoms with Crippen molar-refractivity contribution < 1.29 is 23.9 Å². The van der Waals surface area contributed by atoms with E-state index in [1.807, 2.05) is 30.3 Å². The molecular formula is C17H23NO5. The highest BCUT2D eigenvalue weighted by Crippen LogP contribution is 2.05. The van der Waals surface area contributed by atoms with Crippen LogP contribution in [0.4, 0.5) is 0 Å². The maximum absolute atomic E-state index is 12.1. The third kappa shape index (κ3) is 7.44. The average Bonchev–Trinajstić information content (AvgIpc) is 2.52. The van der Waals surface area contributed by atoms with Crippen molar-refractivity contribution in [2.45, 2.75) is 39.2 Å². The molecule has 23 heavy (non-hydrogen) atoms. The molecule has 1 atom stereocenters. The predicted molar refractivity (Wildman–Crippen MR) is 84.6 cm³/mol. The standard InChI is InChI=1S/C17H23NO5/c1-3-22-16(20)11-10-14(17(21)23-4-2)18-15(19)12-13-8-6-5-7-9-13/h5-9,14H,3-4,10-12H2,1-2H3,(H,18,19)/t14-/m1/s1. The smallest absolute Gasteiger partial charge is 0.328 e. The fourth-order valence-corrected chi connectivity index (χ4v) is 2.01. The van der Waals surface area contributed by atoms with Crippen LogP contribution in [0.1, 0.15) is 32.3 Å². The summed E-state index contributed by atoms with van der Waals surface area (Å²) in [5.74, 6) is -1.24. The number of hydrogen-bond donors (Lipinski definition) is 1. The van der Waals surface area contributed by atoms with E-state index in [1.54, 1.807) is 13.8 Å². The summed E-state index contributed by atoms with van der Waals surface area (Å²) in [6, 6.07) is 8.35. The van der Waals surface area contributed by atoms with Crippen LogP contribution in [0.25, 0.3) is 0 Å². The first-order chi connectivity index (χ1) is 11.1. The van der Waals surface area contributed by atoms with Crippen LogP contribution in [-0.4, -0.2) is 37.1 Å². The van der Waals surface area contributed by atoms with Gasteiger partial charge in [0.15, 0.2) is 0 Å². The first-order valence-electron chi connectivity index (χ1n) is 7.72.